The first-order valence-electron chi connectivity index (χ1n) is 5.87. The van der Waals surface area contributed by atoms with Crippen LogP contribution in [-0.2, 0) is 15.9 Å². The molecule has 1 aromatic heterocycles. The number of nitrogens with zero attached hydrogens (tertiary/aromatic N) is 2. The topological polar surface area (TPSA) is 66.1 Å². The number of aromatic nitrogens is 2. The summed E-state index contributed by atoms with van der Waals surface area (Å²) >= 11 is 5.70. The summed E-state index contributed by atoms with van der Waals surface area (Å²) in [6.07, 6.45) is 1.37. The molecule has 8 heteroatoms. The van der Waals surface area contributed by atoms with Crippen molar-refractivity contribution in [1.29, 1.82) is 0 Å². The van der Waals surface area contributed by atoms with Gasteiger partial charge >= 0.3 is 0 Å². The maximum atomic E-state index is 12.9. The number of hydrogen-bond donors (Lipinski definition) is 1. The molecule has 0 bridgehead atoms. The lowest BCUT2D eigenvalue weighted by molar-refractivity contribution is 0.586. The molecule has 1 aromatic carbocycles. The van der Waals surface area contributed by atoms with Gasteiger partial charge in [-0.05, 0) is 31.2 Å². The molecule has 0 amide bonds. The molecule has 1 N–H and O–H groups in total. The Morgan fingerprint density at radius 2 is 2.00 bits per heavy atom. The fourth-order valence-electron chi connectivity index (χ4n) is 1.83. The summed E-state index contributed by atoms with van der Waals surface area (Å²) in [5.41, 5.74) is 0.774. The molecule has 0 saturated heterocycles. The van der Waals surface area contributed by atoms with E-state index in [0.29, 0.717) is 11.3 Å². The molecule has 0 aliphatic carbocycles. The highest BCUT2D eigenvalue weighted by Crippen LogP contribution is 2.25. The molecular formula is C12H13ClFN3O2S. The predicted octanol–water partition coefficient (Wildman–Crippen LogP) is 2.50. The number of rotatable bonds is 5. The van der Waals surface area contributed by atoms with Crippen molar-refractivity contribution < 1.29 is 12.8 Å². The van der Waals surface area contributed by atoms with Crippen LogP contribution in [-0.4, -0.2) is 25.2 Å². The number of hydrogen-bond acceptors (Lipinski definition) is 3. The highest BCUT2D eigenvalue weighted by Gasteiger charge is 2.27. The summed E-state index contributed by atoms with van der Waals surface area (Å²) in [4.78, 5) is 0. The zero-order valence-electron chi connectivity index (χ0n) is 10.7. The minimum atomic E-state index is -3.81. The van der Waals surface area contributed by atoms with Gasteiger partial charge < -0.3 is 0 Å². The zero-order chi connectivity index (χ0) is 14.8. The largest absolute Gasteiger partial charge is 0.281 e. The fourth-order valence-corrected chi connectivity index (χ4v) is 3.69. The second kappa shape index (κ2) is 5.80. The summed E-state index contributed by atoms with van der Waals surface area (Å²) in [5.74, 6) is -0.392. The van der Waals surface area contributed by atoms with Crippen molar-refractivity contribution in [2.24, 2.45) is 0 Å². The second-order valence-corrected chi connectivity index (χ2v) is 6.07. The van der Waals surface area contributed by atoms with Crippen molar-refractivity contribution in [1.82, 2.24) is 10.2 Å². The quantitative estimate of drug-likeness (QED) is 0.862. The minimum Gasteiger partial charge on any atom is -0.266 e. The average Bonchev–Trinajstić information content (AvgIpc) is 2.90. The summed E-state index contributed by atoms with van der Waals surface area (Å²) < 4.78 is 39.3. The summed E-state index contributed by atoms with van der Waals surface area (Å²) in [5, 5.41) is 6.12. The number of alkyl halides is 1. The van der Waals surface area contributed by atoms with Gasteiger partial charge in [0.1, 0.15) is 5.82 Å². The molecule has 0 atom stereocenters. The van der Waals surface area contributed by atoms with Gasteiger partial charge in [0.25, 0.3) is 10.0 Å². The summed E-state index contributed by atoms with van der Waals surface area (Å²) in [6, 6.07) is 5.24. The molecule has 0 radical (unpaired) electrons. The van der Waals surface area contributed by atoms with Gasteiger partial charge in [0.15, 0.2) is 5.03 Å². The molecule has 0 unspecified atom stereocenters. The zero-order valence-corrected chi connectivity index (χ0v) is 12.2. The van der Waals surface area contributed by atoms with E-state index >= 15 is 0 Å². The third-order valence-corrected chi connectivity index (χ3v) is 4.98. The van der Waals surface area contributed by atoms with Crippen LogP contribution < -0.4 is 4.31 Å². The van der Waals surface area contributed by atoms with Gasteiger partial charge in [0.05, 0.1) is 17.8 Å². The Balaban J connectivity index is 2.48. The van der Waals surface area contributed by atoms with Crippen LogP contribution in [0.1, 0.15) is 12.5 Å². The Kier molecular flexibility index (Phi) is 4.29. The van der Waals surface area contributed by atoms with E-state index in [4.69, 9.17) is 11.6 Å². The molecular weight excluding hydrogens is 305 g/mol. The minimum absolute atomic E-state index is 0.0338. The molecule has 108 valence electrons. The average molecular weight is 318 g/mol. The third-order valence-electron chi connectivity index (χ3n) is 2.77. The van der Waals surface area contributed by atoms with Crippen molar-refractivity contribution in [2.75, 3.05) is 10.8 Å². The summed E-state index contributed by atoms with van der Waals surface area (Å²) in [7, 11) is -3.81. The molecule has 5 nitrogen and oxygen atoms in total. The molecule has 2 rings (SSSR count). The molecule has 1 heterocycles. The molecule has 0 fully saturated rings. The molecule has 0 aliphatic heterocycles. The Morgan fingerprint density at radius 3 is 2.55 bits per heavy atom. The number of nitrogens with one attached hydrogen (secondary N) is 1. The van der Waals surface area contributed by atoms with Crippen LogP contribution in [0, 0.1) is 5.82 Å². The Morgan fingerprint density at radius 1 is 1.35 bits per heavy atom. The van der Waals surface area contributed by atoms with Crippen LogP contribution >= 0.6 is 11.6 Å². The second-order valence-electron chi connectivity index (χ2n) is 4.00. The first-order chi connectivity index (χ1) is 9.50. The van der Waals surface area contributed by atoms with E-state index in [-0.39, 0.29) is 17.5 Å². The van der Waals surface area contributed by atoms with Crippen LogP contribution in [0.4, 0.5) is 10.1 Å². The first kappa shape index (κ1) is 14.8. The van der Waals surface area contributed by atoms with E-state index < -0.39 is 15.8 Å². The number of anilines is 1. The lowest BCUT2D eigenvalue weighted by Crippen LogP contribution is -2.31. The number of benzene rings is 1. The van der Waals surface area contributed by atoms with Gasteiger partial charge in [0.2, 0.25) is 0 Å². The molecule has 0 saturated carbocycles. The molecule has 0 spiro atoms. The normalized spacial score (nSPS) is 11.6. The SMILES string of the molecule is CCN(c1ccc(F)cc1)S(=O)(=O)c1[nH]ncc1CCl. The Labute approximate surface area is 121 Å². The van der Waals surface area contributed by atoms with Crippen molar-refractivity contribution in [3.05, 3.63) is 41.8 Å². The molecule has 20 heavy (non-hydrogen) atoms. The van der Waals surface area contributed by atoms with E-state index in [9.17, 15) is 12.8 Å². The highest BCUT2D eigenvalue weighted by atomic mass is 35.5. The van der Waals surface area contributed by atoms with E-state index in [2.05, 4.69) is 10.2 Å². The fraction of sp³-hybridized carbons (Fsp3) is 0.250. The number of H-pyrrole nitrogens is 1. The van der Waals surface area contributed by atoms with Crippen molar-refractivity contribution in [3.63, 3.8) is 0 Å². The van der Waals surface area contributed by atoms with Crippen molar-refractivity contribution in [2.45, 2.75) is 17.8 Å². The monoisotopic (exact) mass is 317 g/mol. The number of aromatic amines is 1. The van der Waals surface area contributed by atoms with Crippen LogP contribution in [0.25, 0.3) is 0 Å². The van der Waals surface area contributed by atoms with E-state index in [0.717, 1.165) is 4.31 Å². The Bertz CT molecular complexity index is 685. The van der Waals surface area contributed by atoms with Gasteiger partial charge in [-0.3, -0.25) is 9.40 Å². The first-order valence-corrected chi connectivity index (χ1v) is 7.84. The third kappa shape index (κ3) is 2.64. The van der Waals surface area contributed by atoms with Crippen molar-refractivity contribution >= 4 is 27.3 Å². The maximum Gasteiger partial charge on any atom is 0.281 e. The van der Waals surface area contributed by atoms with Crippen molar-refractivity contribution in [3.8, 4) is 0 Å². The van der Waals surface area contributed by atoms with E-state index in [1.54, 1.807) is 6.92 Å². The standard InChI is InChI=1S/C12H13ClFN3O2S/c1-2-17(11-5-3-10(14)4-6-11)20(18,19)12-9(7-13)8-15-16-12/h3-6,8H,2,7H2,1H3,(H,15,16). The number of sulfonamides is 1. The van der Waals surface area contributed by atoms with Gasteiger partial charge in [-0.1, -0.05) is 0 Å². The van der Waals surface area contributed by atoms with Crippen LogP contribution in [0.3, 0.4) is 0 Å². The summed E-state index contributed by atoms with van der Waals surface area (Å²) in [6.45, 7) is 1.90. The van der Waals surface area contributed by atoms with Crippen LogP contribution in [0.15, 0.2) is 35.5 Å². The lowest BCUT2D eigenvalue weighted by Gasteiger charge is -2.22. The number of halogens is 2. The predicted molar refractivity (Wildman–Crippen MR) is 74.8 cm³/mol. The van der Waals surface area contributed by atoms with E-state index in [1.165, 1.54) is 30.5 Å². The van der Waals surface area contributed by atoms with E-state index in [1.807, 2.05) is 0 Å². The van der Waals surface area contributed by atoms with Crippen LogP contribution in [0.5, 0.6) is 0 Å². The smallest absolute Gasteiger partial charge is 0.266 e. The van der Waals surface area contributed by atoms with Crippen LogP contribution in [0.2, 0.25) is 0 Å². The molecule has 2 aromatic rings. The van der Waals surface area contributed by atoms with Gasteiger partial charge in [-0.15, -0.1) is 11.6 Å². The highest BCUT2D eigenvalue weighted by molar-refractivity contribution is 7.92. The van der Waals surface area contributed by atoms with Gasteiger partial charge in [0, 0.05) is 12.1 Å². The molecule has 0 aliphatic rings. The van der Waals surface area contributed by atoms with Gasteiger partial charge in [-0.25, -0.2) is 4.39 Å². The lowest BCUT2D eigenvalue weighted by atomic mass is 10.3. The maximum absolute atomic E-state index is 12.9. The Hall–Kier alpha value is -1.60. The van der Waals surface area contributed by atoms with Gasteiger partial charge in [-0.2, -0.15) is 13.5 Å².